The maximum absolute atomic E-state index is 13.1. The van der Waals surface area contributed by atoms with Crippen LogP contribution in [0.25, 0.3) is 17.0 Å². The molecular weight excluding hydrogens is 508 g/mol. The molecule has 11 heteroatoms. The van der Waals surface area contributed by atoms with Gasteiger partial charge in [0.05, 0.1) is 29.7 Å². The second kappa shape index (κ2) is 11.7. The van der Waals surface area contributed by atoms with Gasteiger partial charge in [0, 0.05) is 43.4 Å². The average molecular weight is 541 g/mol. The van der Waals surface area contributed by atoms with Crippen LogP contribution in [-0.2, 0) is 36.8 Å². The van der Waals surface area contributed by atoms with E-state index in [1.54, 1.807) is 11.0 Å². The molecule has 3 aliphatic heterocycles. The number of imide groups is 1. The molecule has 202 valence electrons. The number of aryl methyl sites for hydroxylation is 1. The molecule has 1 N–H and O–H groups in total. The maximum atomic E-state index is 13.1. The Balaban J connectivity index is 1.36. The van der Waals surface area contributed by atoms with E-state index < -0.39 is 11.1 Å². The Bertz CT molecular complexity index is 1280. The summed E-state index contributed by atoms with van der Waals surface area (Å²) in [5, 5.41) is 3.40. The highest BCUT2D eigenvalue weighted by Crippen LogP contribution is 2.35. The molecule has 2 aromatic rings. The lowest BCUT2D eigenvalue weighted by atomic mass is 10.1. The van der Waals surface area contributed by atoms with Gasteiger partial charge in [0.25, 0.3) is 11.1 Å². The van der Waals surface area contributed by atoms with Crippen molar-refractivity contribution in [1.29, 1.82) is 0 Å². The molecule has 0 spiro atoms. The van der Waals surface area contributed by atoms with Crippen LogP contribution in [0.3, 0.4) is 0 Å². The van der Waals surface area contributed by atoms with Crippen molar-refractivity contribution in [1.82, 2.24) is 19.7 Å². The van der Waals surface area contributed by atoms with Crippen LogP contribution in [0.1, 0.15) is 30.9 Å². The van der Waals surface area contributed by atoms with E-state index in [0.717, 1.165) is 64.6 Å². The number of para-hydroxylation sites is 1. The van der Waals surface area contributed by atoms with Gasteiger partial charge in [0.15, 0.2) is 0 Å². The van der Waals surface area contributed by atoms with E-state index in [-0.39, 0.29) is 35.9 Å². The number of hydrogen-bond acceptors (Lipinski definition) is 7. The van der Waals surface area contributed by atoms with Gasteiger partial charge in [-0.25, -0.2) is 0 Å². The normalized spacial score (nSPS) is 21.2. The molecule has 3 saturated heterocycles. The fraction of sp³-hybridized carbons (Fsp3) is 0.481. The Labute approximate surface area is 225 Å². The minimum atomic E-state index is -0.483. The van der Waals surface area contributed by atoms with E-state index in [4.69, 9.17) is 9.47 Å². The molecule has 3 aliphatic rings. The van der Waals surface area contributed by atoms with Crippen molar-refractivity contribution in [3.63, 3.8) is 0 Å². The fourth-order valence-corrected chi connectivity index (χ4v) is 5.89. The first-order valence-corrected chi connectivity index (χ1v) is 13.9. The first-order chi connectivity index (χ1) is 18.4. The topological polar surface area (TPSA) is 110 Å². The van der Waals surface area contributed by atoms with Crippen molar-refractivity contribution in [2.24, 2.45) is 0 Å². The van der Waals surface area contributed by atoms with Crippen LogP contribution in [0, 0.1) is 0 Å². The Hall–Kier alpha value is -3.15. The summed E-state index contributed by atoms with van der Waals surface area (Å²) in [7, 11) is 0. The number of nitrogens with zero attached hydrogens (tertiary/aromatic N) is 3. The Kier molecular flexibility index (Phi) is 8.15. The van der Waals surface area contributed by atoms with Crippen molar-refractivity contribution < 1.29 is 28.7 Å². The van der Waals surface area contributed by atoms with E-state index in [1.807, 2.05) is 29.0 Å². The summed E-state index contributed by atoms with van der Waals surface area (Å²) in [6.07, 6.45) is 6.34. The molecule has 1 aromatic heterocycles. The van der Waals surface area contributed by atoms with Gasteiger partial charge in [-0.1, -0.05) is 25.1 Å². The zero-order chi connectivity index (χ0) is 26.6. The van der Waals surface area contributed by atoms with Crippen molar-refractivity contribution in [2.45, 2.75) is 38.8 Å². The number of rotatable bonds is 8. The summed E-state index contributed by atoms with van der Waals surface area (Å²) >= 11 is 0.830. The number of carbonyl (C=O) groups excluding carboxylic acids is 4. The van der Waals surface area contributed by atoms with Gasteiger partial charge in [0.1, 0.15) is 13.1 Å². The van der Waals surface area contributed by atoms with Gasteiger partial charge in [-0.2, -0.15) is 0 Å². The number of amides is 4. The number of thioether (sulfide) groups is 1. The van der Waals surface area contributed by atoms with Gasteiger partial charge < -0.3 is 24.3 Å². The monoisotopic (exact) mass is 540 g/mol. The van der Waals surface area contributed by atoms with Crippen LogP contribution in [0.15, 0.2) is 29.3 Å². The Morgan fingerprint density at radius 1 is 1.16 bits per heavy atom. The SMILES string of the molecule is CCc1cccc2c(/C=C3\SC(=O)N(CC(=O)N4CCOCC4)C3=O)cn(CC(=O)NC[C@H]3CCCO3)c12. The first kappa shape index (κ1) is 26.5. The summed E-state index contributed by atoms with van der Waals surface area (Å²) in [6, 6.07) is 5.93. The molecule has 5 rings (SSSR count). The van der Waals surface area contributed by atoms with Crippen LogP contribution in [0.2, 0.25) is 0 Å². The molecule has 3 fully saturated rings. The standard InChI is InChI=1S/C27H32N4O6S/c1-2-18-5-3-7-21-19(15-30(25(18)21)16-23(32)28-14-20-6-4-10-37-20)13-22-26(34)31(27(35)38-22)17-24(33)29-8-11-36-12-9-29/h3,5,7,13,15,20H,2,4,6,8-12,14,16-17H2,1H3,(H,28,32)/b22-13-/t20-/m1/s1. The van der Waals surface area contributed by atoms with Crippen molar-refractivity contribution >= 4 is 51.7 Å². The second-order valence-electron chi connectivity index (χ2n) is 9.58. The fourth-order valence-electron chi connectivity index (χ4n) is 5.06. The number of aromatic nitrogens is 1. The van der Waals surface area contributed by atoms with Crippen LogP contribution in [0.5, 0.6) is 0 Å². The molecule has 10 nitrogen and oxygen atoms in total. The van der Waals surface area contributed by atoms with Gasteiger partial charge >= 0.3 is 0 Å². The third-order valence-corrected chi connectivity index (χ3v) is 7.98. The number of ether oxygens (including phenoxy) is 2. The van der Waals surface area contributed by atoms with Crippen LogP contribution in [0.4, 0.5) is 4.79 Å². The average Bonchev–Trinajstić information content (AvgIpc) is 3.64. The highest BCUT2D eigenvalue weighted by atomic mass is 32.2. The minimum absolute atomic E-state index is 0.0628. The van der Waals surface area contributed by atoms with E-state index in [0.29, 0.717) is 32.8 Å². The van der Waals surface area contributed by atoms with E-state index in [1.165, 1.54) is 0 Å². The molecule has 1 atom stereocenters. The number of hydrogen-bond donors (Lipinski definition) is 1. The van der Waals surface area contributed by atoms with Gasteiger partial charge in [-0.15, -0.1) is 0 Å². The number of nitrogens with one attached hydrogen (secondary N) is 1. The van der Waals surface area contributed by atoms with E-state index in [2.05, 4.69) is 12.2 Å². The van der Waals surface area contributed by atoms with Crippen LogP contribution < -0.4 is 5.32 Å². The Morgan fingerprint density at radius 2 is 1.97 bits per heavy atom. The third kappa shape index (κ3) is 5.64. The van der Waals surface area contributed by atoms with Crippen molar-refractivity contribution in [3.05, 3.63) is 40.4 Å². The predicted molar refractivity (Wildman–Crippen MR) is 143 cm³/mol. The molecule has 4 amide bonds. The Morgan fingerprint density at radius 3 is 2.71 bits per heavy atom. The first-order valence-electron chi connectivity index (χ1n) is 13.0. The highest BCUT2D eigenvalue weighted by molar-refractivity contribution is 8.18. The summed E-state index contributed by atoms with van der Waals surface area (Å²) in [5.74, 6) is -0.865. The molecule has 1 aromatic carbocycles. The second-order valence-corrected chi connectivity index (χ2v) is 10.6. The van der Waals surface area contributed by atoms with E-state index >= 15 is 0 Å². The largest absolute Gasteiger partial charge is 0.378 e. The molecule has 0 saturated carbocycles. The quantitative estimate of drug-likeness (QED) is 0.512. The van der Waals surface area contributed by atoms with Crippen molar-refractivity contribution in [2.75, 3.05) is 46.0 Å². The predicted octanol–water partition coefficient (Wildman–Crippen LogP) is 2.39. The molecule has 0 unspecified atom stereocenters. The third-order valence-electron chi connectivity index (χ3n) is 7.08. The van der Waals surface area contributed by atoms with Crippen LogP contribution >= 0.6 is 11.8 Å². The number of morpholine rings is 1. The summed E-state index contributed by atoms with van der Waals surface area (Å²) < 4.78 is 12.8. The number of benzene rings is 1. The van der Waals surface area contributed by atoms with Crippen molar-refractivity contribution in [3.8, 4) is 0 Å². The summed E-state index contributed by atoms with van der Waals surface area (Å²) in [5.41, 5.74) is 2.75. The molecular formula is C27H32N4O6S. The molecule has 0 radical (unpaired) electrons. The number of carbonyl (C=O) groups is 4. The molecule has 4 heterocycles. The van der Waals surface area contributed by atoms with E-state index in [9.17, 15) is 19.2 Å². The lowest BCUT2D eigenvalue weighted by Gasteiger charge is -2.28. The molecule has 0 aliphatic carbocycles. The zero-order valence-corrected chi connectivity index (χ0v) is 22.3. The smallest absolute Gasteiger partial charge is 0.294 e. The lowest BCUT2D eigenvalue weighted by Crippen LogP contribution is -2.46. The molecule has 38 heavy (non-hydrogen) atoms. The minimum Gasteiger partial charge on any atom is -0.378 e. The lowest BCUT2D eigenvalue weighted by molar-refractivity contribution is -0.139. The number of fused-ring (bicyclic) bond motifs is 1. The maximum Gasteiger partial charge on any atom is 0.294 e. The van der Waals surface area contributed by atoms with Gasteiger partial charge in [0.2, 0.25) is 11.8 Å². The summed E-state index contributed by atoms with van der Waals surface area (Å²) in [6.45, 7) is 4.92. The van der Waals surface area contributed by atoms with Crippen LogP contribution in [-0.4, -0.2) is 89.4 Å². The summed E-state index contributed by atoms with van der Waals surface area (Å²) in [4.78, 5) is 54.1. The molecule has 0 bridgehead atoms. The highest BCUT2D eigenvalue weighted by Gasteiger charge is 2.37. The van der Waals surface area contributed by atoms with Gasteiger partial charge in [-0.05, 0) is 42.7 Å². The zero-order valence-electron chi connectivity index (χ0n) is 21.4. The van der Waals surface area contributed by atoms with Gasteiger partial charge in [-0.3, -0.25) is 24.1 Å².